The van der Waals surface area contributed by atoms with Crippen LogP contribution in [0.5, 0.6) is 0 Å². The first kappa shape index (κ1) is 15.3. The van der Waals surface area contributed by atoms with Gasteiger partial charge in [0.1, 0.15) is 0 Å². The lowest BCUT2D eigenvalue weighted by Gasteiger charge is -2.12. The van der Waals surface area contributed by atoms with Crippen molar-refractivity contribution < 1.29 is 4.79 Å². The predicted molar refractivity (Wildman–Crippen MR) is 85.2 cm³/mol. The molecule has 0 atom stereocenters. The van der Waals surface area contributed by atoms with E-state index in [1.807, 2.05) is 33.2 Å². The Bertz CT molecular complexity index is 685. The molecule has 6 heteroatoms. The van der Waals surface area contributed by atoms with Gasteiger partial charge in [-0.05, 0) is 31.5 Å². The minimum Gasteiger partial charge on any atom is -0.347 e. The van der Waals surface area contributed by atoms with Crippen molar-refractivity contribution in [3.8, 4) is 0 Å². The second-order valence-electron chi connectivity index (χ2n) is 4.98. The van der Waals surface area contributed by atoms with Crippen LogP contribution in [0.15, 0.2) is 24.4 Å². The van der Waals surface area contributed by atoms with Crippen LogP contribution >= 0.6 is 11.6 Å². The molecule has 21 heavy (non-hydrogen) atoms. The molecule has 5 nitrogen and oxygen atoms in total. The van der Waals surface area contributed by atoms with Gasteiger partial charge in [-0.25, -0.2) is 9.97 Å². The van der Waals surface area contributed by atoms with Gasteiger partial charge < -0.3 is 10.2 Å². The van der Waals surface area contributed by atoms with Gasteiger partial charge in [0.15, 0.2) is 0 Å². The average Bonchev–Trinajstić information content (AvgIpc) is 2.42. The number of benzene rings is 1. The molecular formula is C15H17ClN4O. The van der Waals surface area contributed by atoms with Crippen molar-refractivity contribution in [2.24, 2.45) is 0 Å². The molecule has 0 fully saturated rings. The van der Waals surface area contributed by atoms with Crippen molar-refractivity contribution in [1.82, 2.24) is 9.97 Å². The minimum atomic E-state index is -0.252. The average molecular weight is 305 g/mol. The molecule has 1 aromatic carbocycles. The van der Waals surface area contributed by atoms with E-state index in [4.69, 9.17) is 11.6 Å². The van der Waals surface area contributed by atoms with Crippen molar-refractivity contribution in [3.63, 3.8) is 0 Å². The van der Waals surface area contributed by atoms with E-state index in [-0.39, 0.29) is 5.91 Å². The number of nitrogens with zero attached hydrogens (tertiary/aromatic N) is 3. The fourth-order valence-corrected chi connectivity index (χ4v) is 1.94. The van der Waals surface area contributed by atoms with Gasteiger partial charge in [-0.1, -0.05) is 17.7 Å². The fourth-order valence-electron chi connectivity index (χ4n) is 1.76. The number of nitrogens with one attached hydrogen (secondary N) is 1. The van der Waals surface area contributed by atoms with Crippen molar-refractivity contribution >= 4 is 29.1 Å². The third-order valence-electron chi connectivity index (χ3n) is 3.04. The lowest BCUT2D eigenvalue weighted by atomic mass is 10.2. The molecule has 0 bridgehead atoms. The van der Waals surface area contributed by atoms with E-state index in [1.165, 1.54) is 6.20 Å². The van der Waals surface area contributed by atoms with Gasteiger partial charge in [-0.3, -0.25) is 4.79 Å². The highest BCUT2D eigenvalue weighted by atomic mass is 35.5. The molecule has 0 aliphatic heterocycles. The van der Waals surface area contributed by atoms with Gasteiger partial charge in [-0.2, -0.15) is 0 Å². The minimum absolute atomic E-state index is 0.252. The summed E-state index contributed by atoms with van der Waals surface area (Å²) in [6.07, 6.45) is 1.53. The normalized spacial score (nSPS) is 10.3. The van der Waals surface area contributed by atoms with Crippen molar-refractivity contribution in [2.45, 2.75) is 13.8 Å². The van der Waals surface area contributed by atoms with Crippen LogP contribution in [-0.4, -0.2) is 30.0 Å². The van der Waals surface area contributed by atoms with Crippen LogP contribution in [0.4, 0.5) is 11.6 Å². The number of aromatic nitrogens is 2. The highest BCUT2D eigenvalue weighted by Crippen LogP contribution is 2.20. The largest absolute Gasteiger partial charge is 0.347 e. The molecule has 1 aromatic heterocycles. The zero-order valence-electron chi connectivity index (χ0n) is 12.4. The van der Waals surface area contributed by atoms with E-state index in [2.05, 4.69) is 15.3 Å². The summed E-state index contributed by atoms with van der Waals surface area (Å²) in [6, 6.07) is 5.39. The summed E-state index contributed by atoms with van der Waals surface area (Å²) >= 11 is 6.05. The molecule has 1 amide bonds. The van der Waals surface area contributed by atoms with Gasteiger partial charge in [0.05, 0.1) is 11.3 Å². The number of hydrogen-bond donors (Lipinski definition) is 1. The number of halogens is 1. The molecule has 0 aliphatic carbocycles. The van der Waals surface area contributed by atoms with Crippen LogP contribution < -0.4 is 10.2 Å². The SMILES string of the molecule is Cc1ccc(NC(=O)c2cnc(N(C)C)nc2C)cc1Cl. The van der Waals surface area contributed by atoms with E-state index >= 15 is 0 Å². The fraction of sp³-hybridized carbons (Fsp3) is 0.267. The van der Waals surface area contributed by atoms with Crippen molar-refractivity contribution in [1.29, 1.82) is 0 Å². The highest BCUT2D eigenvalue weighted by molar-refractivity contribution is 6.31. The maximum Gasteiger partial charge on any atom is 0.259 e. The van der Waals surface area contributed by atoms with Gasteiger partial charge in [0, 0.05) is 31.0 Å². The Morgan fingerprint density at radius 2 is 2.00 bits per heavy atom. The zero-order valence-corrected chi connectivity index (χ0v) is 13.2. The maximum absolute atomic E-state index is 12.3. The Hall–Kier alpha value is -2.14. The van der Waals surface area contributed by atoms with Gasteiger partial charge >= 0.3 is 0 Å². The topological polar surface area (TPSA) is 58.1 Å². The third kappa shape index (κ3) is 3.49. The highest BCUT2D eigenvalue weighted by Gasteiger charge is 2.13. The first-order valence-electron chi connectivity index (χ1n) is 6.47. The molecule has 1 heterocycles. The summed E-state index contributed by atoms with van der Waals surface area (Å²) in [4.78, 5) is 22.5. The molecule has 0 saturated carbocycles. The number of carbonyl (C=O) groups is 1. The molecule has 110 valence electrons. The van der Waals surface area contributed by atoms with E-state index in [0.29, 0.717) is 27.9 Å². The zero-order chi connectivity index (χ0) is 15.6. The Kier molecular flexibility index (Phi) is 4.43. The molecule has 0 radical (unpaired) electrons. The second-order valence-corrected chi connectivity index (χ2v) is 5.39. The van der Waals surface area contributed by atoms with E-state index in [1.54, 1.807) is 17.9 Å². The summed E-state index contributed by atoms with van der Waals surface area (Å²) in [6.45, 7) is 3.69. The molecule has 0 aliphatic rings. The maximum atomic E-state index is 12.3. The van der Waals surface area contributed by atoms with Crippen LogP contribution in [0, 0.1) is 13.8 Å². The Morgan fingerprint density at radius 3 is 2.57 bits per heavy atom. The summed E-state index contributed by atoms with van der Waals surface area (Å²) in [7, 11) is 3.70. The number of rotatable bonds is 3. The van der Waals surface area contributed by atoms with Gasteiger partial charge in [0.25, 0.3) is 5.91 Å². The van der Waals surface area contributed by atoms with Crippen molar-refractivity contribution in [3.05, 3.63) is 46.2 Å². The Balaban J connectivity index is 2.22. The molecule has 2 rings (SSSR count). The second kappa shape index (κ2) is 6.10. The number of amides is 1. The van der Waals surface area contributed by atoms with Crippen molar-refractivity contribution in [2.75, 3.05) is 24.3 Å². The van der Waals surface area contributed by atoms with E-state index in [0.717, 1.165) is 5.56 Å². The molecular weight excluding hydrogens is 288 g/mol. The summed E-state index contributed by atoms with van der Waals surface area (Å²) in [5, 5.41) is 3.41. The van der Waals surface area contributed by atoms with Crippen LogP contribution in [-0.2, 0) is 0 Å². The van der Waals surface area contributed by atoms with Crippen LogP contribution in [0.3, 0.4) is 0 Å². The first-order chi connectivity index (χ1) is 9.88. The molecule has 0 unspecified atom stereocenters. The van der Waals surface area contributed by atoms with Crippen LogP contribution in [0.25, 0.3) is 0 Å². The summed E-state index contributed by atoms with van der Waals surface area (Å²) in [5.74, 6) is 0.320. The number of aryl methyl sites for hydroxylation is 2. The molecule has 0 spiro atoms. The monoisotopic (exact) mass is 304 g/mol. The lowest BCUT2D eigenvalue weighted by Crippen LogP contribution is -2.18. The summed E-state index contributed by atoms with van der Waals surface area (Å²) in [5.41, 5.74) is 2.68. The smallest absolute Gasteiger partial charge is 0.259 e. The number of anilines is 2. The summed E-state index contributed by atoms with van der Waals surface area (Å²) < 4.78 is 0. The lowest BCUT2D eigenvalue weighted by molar-refractivity contribution is 0.102. The number of carbonyl (C=O) groups excluding carboxylic acids is 1. The molecule has 0 saturated heterocycles. The molecule has 1 N–H and O–H groups in total. The quantitative estimate of drug-likeness (QED) is 0.947. The van der Waals surface area contributed by atoms with E-state index in [9.17, 15) is 4.79 Å². The predicted octanol–water partition coefficient (Wildman–Crippen LogP) is 3.07. The first-order valence-corrected chi connectivity index (χ1v) is 6.84. The Labute approximate surface area is 129 Å². The standard InChI is InChI=1S/C15H17ClN4O/c1-9-5-6-11(7-13(9)16)19-14(21)12-8-17-15(20(3)4)18-10(12)2/h5-8H,1-4H3,(H,19,21). The van der Waals surface area contributed by atoms with Gasteiger partial charge in [0.2, 0.25) is 5.95 Å². The van der Waals surface area contributed by atoms with Crippen LogP contribution in [0.2, 0.25) is 5.02 Å². The Morgan fingerprint density at radius 1 is 1.29 bits per heavy atom. The number of hydrogen-bond acceptors (Lipinski definition) is 4. The third-order valence-corrected chi connectivity index (χ3v) is 3.45. The molecule has 2 aromatic rings. The van der Waals surface area contributed by atoms with Gasteiger partial charge in [-0.15, -0.1) is 0 Å². The van der Waals surface area contributed by atoms with E-state index < -0.39 is 0 Å². The van der Waals surface area contributed by atoms with Crippen LogP contribution in [0.1, 0.15) is 21.6 Å².